The predicted molar refractivity (Wildman–Crippen MR) is 114 cm³/mol. The van der Waals surface area contributed by atoms with Crippen molar-refractivity contribution in [3.05, 3.63) is 53.4 Å². The number of rotatable bonds is 5. The number of fused-ring (bicyclic) bond motifs is 1. The molecule has 3 heterocycles. The smallest absolute Gasteiger partial charge is 0.172 e. The molecule has 1 atom stereocenters. The predicted octanol–water partition coefficient (Wildman–Crippen LogP) is 4.68. The standard InChI is InChI=1S/C23H21F3N6/c24-14-1-4-17(18(25)9-14)21(26)13-5-7-32(8-6-13)23-22(29-15-2-3-15)30-19-10-16(11-27)28-12-20(19)31-23/h1,4,9-10,12-13,15,21H,2-3,5-8H2,(H,29,30)/t21-/m1/s1. The van der Waals surface area contributed by atoms with Gasteiger partial charge >= 0.3 is 0 Å². The molecule has 9 heteroatoms. The molecule has 1 aliphatic carbocycles. The molecular weight excluding hydrogens is 417 g/mol. The van der Waals surface area contributed by atoms with Gasteiger partial charge in [-0.1, -0.05) is 6.07 Å². The maximum absolute atomic E-state index is 15.0. The van der Waals surface area contributed by atoms with Gasteiger partial charge in [-0.05, 0) is 37.7 Å². The van der Waals surface area contributed by atoms with Crippen molar-refractivity contribution in [2.75, 3.05) is 23.3 Å². The van der Waals surface area contributed by atoms with Crippen LogP contribution in [0.3, 0.4) is 0 Å². The number of nitriles is 1. The van der Waals surface area contributed by atoms with Gasteiger partial charge in [0.1, 0.15) is 35.1 Å². The maximum Gasteiger partial charge on any atom is 0.172 e. The van der Waals surface area contributed by atoms with Gasteiger partial charge in [0.25, 0.3) is 0 Å². The summed E-state index contributed by atoms with van der Waals surface area (Å²) >= 11 is 0. The molecule has 32 heavy (non-hydrogen) atoms. The van der Waals surface area contributed by atoms with Crippen LogP contribution in [0.4, 0.5) is 24.8 Å². The van der Waals surface area contributed by atoms with Crippen molar-refractivity contribution in [2.45, 2.75) is 37.9 Å². The van der Waals surface area contributed by atoms with E-state index in [1.165, 1.54) is 12.3 Å². The molecule has 3 aromatic rings. The quantitative estimate of drug-likeness (QED) is 0.624. The molecule has 0 unspecified atom stereocenters. The number of aromatic nitrogens is 3. The van der Waals surface area contributed by atoms with Crippen LogP contribution in [0, 0.1) is 28.9 Å². The van der Waals surface area contributed by atoms with Gasteiger partial charge in [-0.25, -0.2) is 28.1 Å². The zero-order chi connectivity index (χ0) is 22.2. The lowest BCUT2D eigenvalue weighted by atomic mass is 9.88. The van der Waals surface area contributed by atoms with Crippen molar-refractivity contribution >= 4 is 22.7 Å². The van der Waals surface area contributed by atoms with Gasteiger partial charge in [-0.3, -0.25) is 0 Å². The second-order valence-corrected chi connectivity index (χ2v) is 8.38. The van der Waals surface area contributed by atoms with Crippen molar-refractivity contribution in [3.63, 3.8) is 0 Å². The average molecular weight is 438 g/mol. The molecule has 1 aromatic carbocycles. The molecule has 2 aliphatic rings. The summed E-state index contributed by atoms with van der Waals surface area (Å²) in [5, 5.41) is 12.5. The van der Waals surface area contributed by atoms with E-state index in [4.69, 9.17) is 15.2 Å². The van der Waals surface area contributed by atoms with Gasteiger partial charge in [0.05, 0.1) is 11.7 Å². The van der Waals surface area contributed by atoms with Crippen LogP contribution in [0.5, 0.6) is 0 Å². The number of nitrogens with one attached hydrogen (secondary N) is 1. The SMILES string of the molecule is N#Cc1cc2nc(NC3CC3)c(N3CCC([C@@H](F)c4ccc(F)cc4F)CC3)nc2cn1. The topological polar surface area (TPSA) is 77.7 Å². The Hall–Kier alpha value is -3.41. The highest BCUT2D eigenvalue weighted by Gasteiger charge is 2.32. The third-order valence-electron chi connectivity index (χ3n) is 6.08. The summed E-state index contributed by atoms with van der Waals surface area (Å²) in [5.74, 6) is -0.595. The summed E-state index contributed by atoms with van der Waals surface area (Å²) in [4.78, 5) is 15.6. The molecule has 0 amide bonds. The molecule has 2 aromatic heterocycles. The molecule has 0 radical (unpaired) electrons. The summed E-state index contributed by atoms with van der Waals surface area (Å²) < 4.78 is 42.2. The Kier molecular flexibility index (Phi) is 5.29. The van der Waals surface area contributed by atoms with Crippen LogP contribution in [-0.2, 0) is 0 Å². The van der Waals surface area contributed by atoms with Crippen LogP contribution in [0.15, 0.2) is 30.5 Å². The minimum Gasteiger partial charge on any atom is -0.364 e. The number of hydrogen-bond donors (Lipinski definition) is 1. The van der Waals surface area contributed by atoms with E-state index >= 15 is 4.39 Å². The highest BCUT2D eigenvalue weighted by atomic mass is 19.1. The lowest BCUT2D eigenvalue weighted by Gasteiger charge is -2.35. The lowest BCUT2D eigenvalue weighted by molar-refractivity contribution is 0.193. The first kappa shape index (κ1) is 20.5. The Labute approximate surface area is 183 Å². The monoisotopic (exact) mass is 438 g/mol. The summed E-state index contributed by atoms with van der Waals surface area (Å²) in [6, 6.07) is 6.99. The Morgan fingerprint density at radius 1 is 1.06 bits per heavy atom. The summed E-state index contributed by atoms with van der Waals surface area (Å²) in [7, 11) is 0. The molecule has 5 rings (SSSR count). The second kappa shape index (κ2) is 8.26. The Morgan fingerprint density at radius 3 is 2.53 bits per heavy atom. The Morgan fingerprint density at radius 2 is 1.84 bits per heavy atom. The van der Waals surface area contributed by atoms with Gasteiger partial charge < -0.3 is 10.2 Å². The number of piperidine rings is 1. The minimum atomic E-state index is -1.49. The van der Waals surface area contributed by atoms with Gasteiger partial charge in [0.2, 0.25) is 0 Å². The summed E-state index contributed by atoms with van der Waals surface area (Å²) in [5.41, 5.74) is 1.36. The number of benzene rings is 1. The first-order chi connectivity index (χ1) is 15.5. The molecular formula is C23H21F3N6. The normalized spacial score (nSPS) is 17.9. The van der Waals surface area contributed by atoms with E-state index in [9.17, 15) is 8.78 Å². The molecule has 1 saturated heterocycles. The van der Waals surface area contributed by atoms with Crippen molar-refractivity contribution in [2.24, 2.45) is 5.92 Å². The fourth-order valence-corrected chi connectivity index (χ4v) is 4.13. The zero-order valence-corrected chi connectivity index (χ0v) is 17.2. The van der Waals surface area contributed by atoms with Gasteiger partial charge in [-0.2, -0.15) is 5.26 Å². The number of anilines is 2. The van der Waals surface area contributed by atoms with Crippen molar-refractivity contribution < 1.29 is 13.2 Å². The summed E-state index contributed by atoms with van der Waals surface area (Å²) in [6.45, 7) is 1.08. The van der Waals surface area contributed by atoms with Crippen molar-refractivity contribution in [1.29, 1.82) is 5.26 Å². The van der Waals surface area contributed by atoms with E-state index in [2.05, 4.69) is 15.2 Å². The molecule has 1 aliphatic heterocycles. The average Bonchev–Trinajstić information content (AvgIpc) is 3.62. The molecule has 2 fully saturated rings. The van der Waals surface area contributed by atoms with Gasteiger partial charge in [-0.15, -0.1) is 0 Å². The van der Waals surface area contributed by atoms with E-state index in [0.717, 1.165) is 25.0 Å². The Bertz CT molecular complexity index is 1200. The van der Waals surface area contributed by atoms with Crippen molar-refractivity contribution in [1.82, 2.24) is 15.0 Å². The van der Waals surface area contributed by atoms with Crippen LogP contribution in [0.1, 0.15) is 43.1 Å². The number of nitrogens with zero attached hydrogens (tertiary/aromatic N) is 5. The molecule has 1 N–H and O–H groups in total. The van der Waals surface area contributed by atoms with E-state index in [-0.39, 0.29) is 17.2 Å². The van der Waals surface area contributed by atoms with Crippen molar-refractivity contribution in [3.8, 4) is 6.07 Å². The molecule has 0 bridgehead atoms. The number of hydrogen-bond acceptors (Lipinski definition) is 6. The highest BCUT2D eigenvalue weighted by molar-refractivity contribution is 5.80. The van der Waals surface area contributed by atoms with Gasteiger partial charge in [0.15, 0.2) is 11.6 Å². The molecule has 0 spiro atoms. The zero-order valence-electron chi connectivity index (χ0n) is 17.2. The Balaban J connectivity index is 1.37. The first-order valence-corrected chi connectivity index (χ1v) is 10.7. The molecule has 1 saturated carbocycles. The van der Waals surface area contributed by atoms with Crippen LogP contribution >= 0.6 is 0 Å². The fraction of sp³-hybridized carbons (Fsp3) is 0.391. The summed E-state index contributed by atoms with van der Waals surface area (Å²) in [6.07, 6.45) is 3.19. The second-order valence-electron chi connectivity index (χ2n) is 8.38. The largest absolute Gasteiger partial charge is 0.364 e. The van der Waals surface area contributed by atoms with E-state index in [1.807, 2.05) is 6.07 Å². The van der Waals surface area contributed by atoms with Crippen LogP contribution < -0.4 is 10.2 Å². The van der Waals surface area contributed by atoms with Crippen LogP contribution in [0.2, 0.25) is 0 Å². The molecule has 6 nitrogen and oxygen atoms in total. The molecule has 164 valence electrons. The van der Waals surface area contributed by atoms with E-state index in [0.29, 0.717) is 54.6 Å². The lowest BCUT2D eigenvalue weighted by Crippen LogP contribution is -2.36. The van der Waals surface area contributed by atoms with E-state index < -0.39 is 17.8 Å². The van der Waals surface area contributed by atoms with Gasteiger partial charge in [0, 0.05) is 36.8 Å². The number of halogens is 3. The highest BCUT2D eigenvalue weighted by Crippen LogP contribution is 2.38. The third kappa shape index (κ3) is 4.05. The van der Waals surface area contributed by atoms with E-state index in [1.54, 1.807) is 6.07 Å². The fourth-order valence-electron chi connectivity index (χ4n) is 4.13. The number of pyridine rings is 1. The maximum atomic E-state index is 15.0. The first-order valence-electron chi connectivity index (χ1n) is 10.7. The number of alkyl halides is 1. The van der Waals surface area contributed by atoms with Crippen LogP contribution in [0.25, 0.3) is 11.0 Å². The van der Waals surface area contributed by atoms with Crippen LogP contribution in [-0.4, -0.2) is 34.1 Å². The minimum absolute atomic E-state index is 0.0918. The third-order valence-corrected chi connectivity index (χ3v) is 6.08.